The largest absolute Gasteiger partial charge is 0.397 e. The lowest BCUT2D eigenvalue weighted by Crippen LogP contribution is -1.84. The Morgan fingerprint density at radius 1 is 1.40 bits per heavy atom. The van der Waals surface area contributed by atoms with Crippen molar-refractivity contribution in [3.05, 3.63) is 18.7 Å². The first kappa shape index (κ1) is 5.22. The third kappa shape index (κ3) is 0.556. The van der Waals surface area contributed by atoms with Gasteiger partial charge in [0, 0.05) is 5.56 Å². The van der Waals surface area contributed by atoms with Gasteiger partial charge in [-0.2, -0.15) is 0 Å². The highest BCUT2D eigenvalue weighted by molar-refractivity contribution is 5.73. The minimum atomic E-state index is 0.637. The molecule has 0 saturated carbocycles. The molecule has 0 aromatic heterocycles. The van der Waals surface area contributed by atoms with Crippen LogP contribution >= 0.6 is 0 Å². The molecule has 0 aliphatic carbocycles. The van der Waals surface area contributed by atoms with E-state index in [4.69, 9.17) is 5.73 Å². The number of anilines is 1. The van der Waals surface area contributed by atoms with Crippen LogP contribution in [0.1, 0.15) is 0 Å². The summed E-state index contributed by atoms with van der Waals surface area (Å²) >= 11 is 0. The maximum atomic E-state index is 5.53. The topological polar surface area (TPSA) is 64.9 Å². The Hall–Kier alpha value is -1.58. The summed E-state index contributed by atoms with van der Waals surface area (Å²) in [5.41, 5.74) is 7.75. The molecule has 10 heavy (non-hydrogen) atoms. The summed E-state index contributed by atoms with van der Waals surface area (Å²) in [7, 11) is 0. The quantitative estimate of drug-likeness (QED) is 0.579. The third-order valence-electron chi connectivity index (χ3n) is 1.34. The second-order valence-electron chi connectivity index (χ2n) is 1.97. The molecule has 0 saturated heterocycles. The van der Waals surface area contributed by atoms with E-state index in [0.29, 0.717) is 5.69 Å². The molecule has 0 aromatic rings. The van der Waals surface area contributed by atoms with E-state index >= 15 is 0 Å². The van der Waals surface area contributed by atoms with Crippen LogP contribution in [-0.2, 0) is 0 Å². The molecule has 0 unspecified atom stereocenters. The molecule has 2 heterocycles. The Morgan fingerprint density at radius 3 is 3.10 bits per heavy atom. The highest BCUT2D eigenvalue weighted by atomic mass is 16.4. The second-order valence-corrected chi connectivity index (χ2v) is 1.97. The lowest BCUT2D eigenvalue weighted by Gasteiger charge is -1.91. The van der Waals surface area contributed by atoms with Gasteiger partial charge in [-0.1, -0.05) is 5.16 Å². The van der Waals surface area contributed by atoms with Gasteiger partial charge in [-0.05, 0) is 0 Å². The lowest BCUT2D eigenvalue weighted by atomic mass is 10.2. The van der Waals surface area contributed by atoms with Crippen molar-refractivity contribution in [3.63, 3.8) is 0 Å². The maximum Gasteiger partial charge on any atom is 0.148 e. The van der Waals surface area contributed by atoms with Crippen molar-refractivity contribution < 1.29 is 4.52 Å². The fourth-order valence-electron chi connectivity index (χ4n) is 0.824. The molecule has 0 amide bonds. The number of fused-ring (bicyclic) bond motifs is 1. The SMILES string of the molecule is Nc1cnc2concc1-2. The fraction of sp³-hybridized carbons (Fsp3) is 0. The molecule has 50 valence electrons. The minimum Gasteiger partial charge on any atom is -0.397 e. The van der Waals surface area contributed by atoms with Gasteiger partial charge < -0.3 is 10.3 Å². The van der Waals surface area contributed by atoms with Gasteiger partial charge in [0.2, 0.25) is 0 Å². The van der Waals surface area contributed by atoms with Crippen molar-refractivity contribution in [2.24, 2.45) is 0 Å². The summed E-state index contributed by atoms with van der Waals surface area (Å²) in [6, 6.07) is 0. The van der Waals surface area contributed by atoms with Gasteiger partial charge >= 0.3 is 0 Å². The van der Waals surface area contributed by atoms with Crippen LogP contribution in [-0.4, -0.2) is 10.1 Å². The van der Waals surface area contributed by atoms with E-state index in [9.17, 15) is 0 Å². The predicted octanol–water partition coefficient (Wildman–Crippen LogP) is 0.757. The molecular weight excluding hydrogens is 130 g/mol. The number of hydrogen-bond acceptors (Lipinski definition) is 4. The van der Waals surface area contributed by atoms with Crippen molar-refractivity contribution in [2.45, 2.75) is 0 Å². The van der Waals surface area contributed by atoms with Gasteiger partial charge in [-0.3, -0.25) is 4.98 Å². The summed E-state index contributed by atoms with van der Waals surface area (Å²) in [6.07, 6.45) is 4.60. The summed E-state index contributed by atoms with van der Waals surface area (Å²) in [4.78, 5) is 3.96. The Bertz CT molecular complexity index is 317. The average molecular weight is 135 g/mol. The number of aromatic nitrogens is 2. The minimum absolute atomic E-state index is 0.637. The molecule has 0 atom stereocenters. The van der Waals surface area contributed by atoms with Crippen LogP contribution in [0.3, 0.4) is 0 Å². The van der Waals surface area contributed by atoms with Gasteiger partial charge in [-0.15, -0.1) is 0 Å². The monoisotopic (exact) mass is 135 g/mol. The van der Waals surface area contributed by atoms with E-state index in [-0.39, 0.29) is 0 Å². The third-order valence-corrected chi connectivity index (χ3v) is 1.34. The van der Waals surface area contributed by atoms with Crippen molar-refractivity contribution in [3.8, 4) is 11.3 Å². The van der Waals surface area contributed by atoms with E-state index in [1.807, 2.05) is 0 Å². The number of rotatable bonds is 0. The first-order chi connectivity index (χ1) is 4.88. The zero-order valence-electron chi connectivity index (χ0n) is 5.11. The first-order valence-corrected chi connectivity index (χ1v) is 2.81. The van der Waals surface area contributed by atoms with E-state index in [2.05, 4.69) is 14.7 Å². The molecular formula is C6H5N3O. The van der Waals surface area contributed by atoms with Gasteiger partial charge in [0.15, 0.2) is 0 Å². The summed E-state index contributed by atoms with van der Waals surface area (Å²) in [6.45, 7) is 0. The predicted molar refractivity (Wildman–Crippen MR) is 35.3 cm³/mol. The van der Waals surface area contributed by atoms with Crippen molar-refractivity contribution >= 4 is 5.69 Å². The van der Waals surface area contributed by atoms with Gasteiger partial charge in [0.1, 0.15) is 12.0 Å². The fourth-order valence-corrected chi connectivity index (χ4v) is 0.824. The molecule has 0 bridgehead atoms. The molecule has 2 aliphatic heterocycles. The lowest BCUT2D eigenvalue weighted by molar-refractivity contribution is 0.400. The Balaban J connectivity index is 2.78. The molecule has 2 rings (SSSR count). The van der Waals surface area contributed by atoms with Crippen LogP contribution in [0, 0.1) is 0 Å². The Kier molecular flexibility index (Phi) is 0.887. The van der Waals surface area contributed by atoms with Gasteiger partial charge in [0.25, 0.3) is 0 Å². The van der Waals surface area contributed by atoms with E-state index < -0.39 is 0 Å². The highest BCUT2D eigenvalue weighted by Gasteiger charge is 2.07. The summed E-state index contributed by atoms with van der Waals surface area (Å²) < 4.78 is 4.64. The summed E-state index contributed by atoms with van der Waals surface area (Å²) in [5.74, 6) is 0. The van der Waals surface area contributed by atoms with Crippen molar-refractivity contribution in [1.29, 1.82) is 0 Å². The Morgan fingerprint density at radius 2 is 2.30 bits per heavy atom. The van der Waals surface area contributed by atoms with Gasteiger partial charge in [0.05, 0.1) is 18.1 Å². The van der Waals surface area contributed by atoms with Crippen molar-refractivity contribution in [1.82, 2.24) is 10.1 Å². The van der Waals surface area contributed by atoms with Crippen LogP contribution in [0.4, 0.5) is 5.69 Å². The first-order valence-electron chi connectivity index (χ1n) is 2.81. The van der Waals surface area contributed by atoms with E-state index in [0.717, 1.165) is 11.3 Å². The number of nitrogens with zero attached hydrogens (tertiary/aromatic N) is 2. The molecule has 2 aliphatic rings. The number of nitrogens with two attached hydrogens (primary N) is 1. The summed E-state index contributed by atoms with van der Waals surface area (Å²) in [5, 5.41) is 3.55. The second kappa shape index (κ2) is 1.70. The van der Waals surface area contributed by atoms with E-state index in [1.54, 1.807) is 12.4 Å². The zero-order chi connectivity index (χ0) is 6.97. The molecule has 4 nitrogen and oxygen atoms in total. The number of nitrogen functional groups attached to an aromatic ring is 1. The van der Waals surface area contributed by atoms with Crippen molar-refractivity contribution in [2.75, 3.05) is 5.73 Å². The van der Waals surface area contributed by atoms with Crippen LogP contribution in [0.2, 0.25) is 0 Å². The molecule has 4 heteroatoms. The van der Waals surface area contributed by atoms with E-state index in [1.165, 1.54) is 6.26 Å². The van der Waals surface area contributed by atoms with Crippen LogP contribution in [0.5, 0.6) is 0 Å². The van der Waals surface area contributed by atoms with Crippen LogP contribution < -0.4 is 5.73 Å². The molecule has 0 aromatic carbocycles. The normalized spacial score (nSPS) is 10.4. The van der Waals surface area contributed by atoms with Crippen LogP contribution in [0.15, 0.2) is 23.2 Å². The molecule has 2 N–H and O–H groups in total. The standard InChI is InChI=1S/C6H5N3O/c7-5-2-8-6-3-10-9-1-4(5)6/h1-3H,7H2. The molecule has 0 radical (unpaired) electrons. The average Bonchev–Trinajstić information content (AvgIpc) is 2.34. The Labute approximate surface area is 57.0 Å². The highest BCUT2D eigenvalue weighted by Crippen LogP contribution is 2.24. The smallest absolute Gasteiger partial charge is 0.148 e. The molecule has 0 fully saturated rings. The van der Waals surface area contributed by atoms with Crippen LogP contribution in [0.25, 0.3) is 11.3 Å². The zero-order valence-corrected chi connectivity index (χ0v) is 5.11. The number of hydrogen-bond donors (Lipinski definition) is 1. The molecule has 0 spiro atoms. The maximum absolute atomic E-state index is 5.53. The van der Waals surface area contributed by atoms with Gasteiger partial charge in [-0.25, -0.2) is 0 Å².